The summed E-state index contributed by atoms with van der Waals surface area (Å²) in [5.41, 5.74) is 5.55. The zero-order valence-corrected chi connectivity index (χ0v) is 17.7. The van der Waals surface area contributed by atoms with E-state index in [-0.39, 0.29) is 40.7 Å². The molecular weight excluding hydrogens is 419 g/mol. The maximum absolute atomic E-state index is 14.1. The Bertz CT molecular complexity index is 1080. The topological polar surface area (TPSA) is 95.0 Å². The fraction of sp³-hybridized carbons (Fsp3) is 0.435. The van der Waals surface area contributed by atoms with Gasteiger partial charge in [-0.05, 0) is 49.8 Å². The SMILES string of the molecule is CC(NC(=O)c1cnc(C#N)c(-c2cc(F)cc(F)c2)c1N1CC[C@](N)(CF)C1)C1CC1. The van der Waals surface area contributed by atoms with E-state index in [4.69, 9.17) is 5.73 Å². The molecule has 1 saturated carbocycles. The maximum atomic E-state index is 14.1. The number of carbonyl (C=O) groups is 1. The average molecular weight is 443 g/mol. The van der Waals surface area contributed by atoms with Crippen molar-refractivity contribution in [2.45, 2.75) is 37.8 Å². The van der Waals surface area contributed by atoms with Crippen molar-refractivity contribution in [3.05, 3.63) is 47.3 Å². The number of carbonyl (C=O) groups excluding carboxylic acids is 1. The molecule has 1 saturated heterocycles. The summed E-state index contributed by atoms with van der Waals surface area (Å²) in [7, 11) is 0. The number of benzene rings is 1. The third kappa shape index (κ3) is 4.28. The molecule has 4 rings (SSSR count). The Morgan fingerprint density at radius 3 is 2.62 bits per heavy atom. The lowest BCUT2D eigenvalue weighted by atomic mass is 9.97. The summed E-state index contributed by atoms with van der Waals surface area (Å²) in [5, 5.41) is 12.6. The Morgan fingerprint density at radius 1 is 1.38 bits per heavy atom. The van der Waals surface area contributed by atoms with Crippen LogP contribution in [0.5, 0.6) is 0 Å². The number of nitrogens with two attached hydrogens (primary N) is 1. The first-order valence-electron chi connectivity index (χ1n) is 10.5. The van der Waals surface area contributed by atoms with Crippen LogP contribution >= 0.6 is 0 Å². The van der Waals surface area contributed by atoms with Gasteiger partial charge in [-0.1, -0.05) is 0 Å². The Balaban J connectivity index is 1.88. The predicted molar refractivity (Wildman–Crippen MR) is 114 cm³/mol. The van der Waals surface area contributed by atoms with E-state index in [0.29, 0.717) is 18.9 Å². The fourth-order valence-electron chi connectivity index (χ4n) is 4.25. The number of anilines is 1. The third-order valence-corrected chi connectivity index (χ3v) is 6.21. The van der Waals surface area contributed by atoms with Crippen LogP contribution in [0.4, 0.5) is 18.9 Å². The fourth-order valence-corrected chi connectivity index (χ4v) is 4.25. The van der Waals surface area contributed by atoms with Gasteiger partial charge in [0, 0.05) is 37.0 Å². The van der Waals surface area contributed by atoms with E-state index in [1.165, 1.54) is 6.20 Å². The molecule has 0 radical (unpaired) electrons. The summed E-state index contributed by atoms with van der Waals surface area (Å²) in [5.74, 6) is -1.67. The van der Waals surface area contributed by atoms with Gasteiger partial charge in [-0.15, -0.1) is 0 Å². The van der Waals surface area contributed by atoms with E-state index in [9.17, 15) is 23.2 Å². The largest absolute Gasteiger partial charge is 0.368 e. The first-order valence-corrected chi connectivity index (χ1v) is 10.5. The lowest BCUT2D eigenvalue weighted by Crippen LogP contribution is -2.45. The second-order valence-corrected chi connectivity index (χ2v) is 8.78. The number of aromatic nitrogens is 1. The van der Waals surface area contributed by atoms with Crippen molar-refractivity contribution in [3.63, 3.8) is 0 Å². The van der Waals surface area contributed by atoms with Gasteiger partial charge >= 0.3 is 0 Å². The Kier molecular flexibility index (Phi) is 5.82. The minimum Gasteiger partial charge on any atom is -0.368 e. The summed E-state index contributed by atoms with van der Waals surface area (Å²) in [6.07, 6.45) is 3.68. The lowest BCUT2D eigenvalue weighted by molar-refractivity contribution is 0.0936. The number of halogens is 3. The van der Waals surface area contributed by atoms with Crippen LogP contribution in [0, 0.1) is 28.9 Å². The zero-order chi connectivity index (χ0) is 23.0. The van der Waals surface area contributed by atoms with Crippen LogP contribution in [0.1, 0.15) is 42.2 Å². The van der Waals surface area contributed by atoms with Crippen molar-refractivity contribution in [2.75, 3.05) is 24.7 Å². The second-order valence-electron chi connectivity index (χ2n) is 8.78. The summed E-state index contributed by atoms with van der Waals surface area (Å²) in [6, 6.07) is 4.78. The molecule has 1 amide bonds. The Labute approximate surface area is 184 Å². The first kappa shape index (κ1) is 22.1. The molecule has 2 heterocycles. The number of nitrogens with one attached hydrogen (secondary N) is 1. The van der Waals surface area contributed by atoms with Crippen molar-refractivity contribution in [1.29, 1.82) is 5.26 Å². The van der Waals surface area contributed by atoms with Crippen LogP contribution in [0.15, 0.2) is 24.4 Å². The molecule has 2 atom stereocenters. The number of nitrogens with zero attached hydrogens (tertiary/aromatic N) is 3. The standard InChI is InChI=1S/C23H24F3N5O/c1-13(14-2-3-14)30-22(32)18-10-29-19(9-27)20(15-6-16(25)8-17(26)7-15)21(18)31-5-4-23(28,11-24)12-31/h6-8,10,13-14H,2-5,11-12,28H2,1H3,(H,30,32)/t13?,23-/m0/s1. The van der Waals surface area contributed by atoms with Crippen LogP contribution in [-0.2, 0) is 0 Å². The molecular formula is C23H24F3N5O. The predicted octanol–water partition coefficient (Wildman–Crippen LogP) is 3.30. The molecule has 1 aromatic heterocycles. The summed E-state index contributed by atoms with van der Waals surface area (Å²) in [4.78, 5) is 19.0. The van der Waals surface area contributed by atoms with Crippen molar-refractivity contribution < 1.29 is 18.0 Å². The number of pyridine rings is 1. The highest BCUT2D eigenvalue weighted by Crippen LogP contribution is 2.40. The molecule has 6 nitrogen and oxygen atoms in total. The van der Waals surface area contributed by atoms with Gasteiger partial charge < -0.3 is 16.0 Å². The van der Waals surface area contributed by atoms with E-state index in [0.717, 1.165) is 31.0 Å². The van der Waals surface area contributed by atoms with Crippen LogP contribution in [0.3, 0.4) is 0 Å². The van der Waals surface area contributed by atoms with Gasteiger partial charge in [0.15, 0.2) is 0 Å². The van der Waals surface area contributed by atoms with Gasteiger partial charge in [-0.25, -0.2) is 18.2 Å². The molecule has 1 aromatic carbocycles. The van der Waals surface area contributed by atoms with Crippen molar-refractivity contribution in [1.82, 2.24) is 10.3 Å². The Morgan fingerprint density at radius 2 is 2.06 bits per heavy atom. The minimum absolute atomic E-state index is 0.0564. The van der Waals surface area contributed by atoms with Crippen molar-refractivity contribution >= 4 is 11.6 Å². The van der Waals surface area contributed by atoms with Gasteiger partial charge in [0.05, 0.1) is 16.8 Å². The zero-order valence-electron chi connectivity index (χ0n) is 17.7. The quantitative estimate of drug-likeness (QED) is 0.714. The highest BCUT2D eigenvalue weighted by Gasteiger charge is 2.38. The van der Waals surface area contributed by atoms with E-state index >= 15 is 0 Å². The van der Waals surface area contributed by atoms with E-state index in [2.05, 4.69) is 10.3 Å². The summed E-state index contributed by atoms with van der Waals surface area (Å²) < 4.78 is 41.7. The molecule has 2 aromatic rings. The molecule has 1 aliphatic heterocycles. The monoisotopic (exact) mass is 443 g/mol. The molecule has 9 heteroatoms. The summed E-state index contributed by atoms with van der Waals surface area (Å²) in [6.45, 7) is 1.56. The maximum Gasteiger partial charge on any atom is 0.255 e. The highest BCUT2D eigenvalue weighted by atomic mass is 19.1. The third-order valence-electron chi connectivity index (χ3n) is 6.21. The first-order chi connectivity index (χ1) is 15.2. The molecule has 2 aliphatic rings. The molecule has 1 aliphatic carbocycles. The molecule has 168 valence electrons. The number of amides is 1. The number of rotatable bonds is 6. The molecule has 0 spiro atoms. The molecule has 1 unspecified atom stereocenters. The smallest absolute Gasteiger partial charge is 0.255 e. The molecule has 0 bridgehead atoms. The van der Waals surface area contributed by atoms with Gasteiger partial charge in [-0.3, -0.25) is 4.79 Å². The van der Waals surface area contributed by atoms with Crippen LogP contribution < -0.4 is 16.0 Å². The number of nitriles is 1. The van der Waals surface area contributed by atoms with Crippen LogP contribution in [0.2, 0.25) is 0 Å². The summed E-state index contributed by atoms with van der Waals surface area (Å²) >= 11 is 0. The van der Waals surface area contributed by atoms with E-state index in [1.54, 1.807) is 4.90 Å². The van der Waals surface area contributed by atoms with Gasteiger partial charge in [0.1, 0.15) is 30.1 Å². The normalized spacial score (nSPS) is 21.3. The highest BCUT2D eigenvalue weighted by molar-refractivity contribution is 6.04. The van der Waals surface area contributed by atoms with Crippen LogP contribution in [-0.4, -0.2) is 42.2 Å². The van der Waals surface area contributed by atoms with Crippen molar-refractivity contribution in [2.24, 2.45) is 11.7 Å². The molecule has 2 fully saturated rings. The van der Waals surface area contributed by atoms with Crippen molar-refractivity contribution in [3.8, 4) is 17.2 Å². The number of hydrogen-bond donors (Lipinski definition) is 2. The molecule has 3 N–H and O–H groups in total. The van der Waals surface area contributed by atoms with Gasteiger partial charge in [-0.2, -0.15) is 5.26 Å². The van der Waals surface area contributed by atoms with Gasteiger partial charge in [0.2, 0.25) is 0 Å². The van der Waals surface area contributed by atoms with Crippen LogP contribution in [0.25, 0.3) is 11.1 Å². The molecule has 32 heavy (non-hydrogen) atoms. The number of alkyl halides is 1. The van der Waals surface area contributed by atoms with Gasteiger partial charge in [0.25, 0.3) is 5.91 Å². The average Bonchev–Trinajstić information content (AvgIpc) is 3.54. The lowest BCUT2D eigenvalue weighted by Gasteiger charge is -2.27. The Hall–Kier alpha value is -3.12. The van der Waals surface area contributed by atoms with E-state index < -0.39 is 29.8 Å². The van der Waals surface area contributed by atoms with E-state index in [1.807, 2.05) is 13.0 Å². The second kappa shape index (κ2) is 8.43. The minimum atomic E-state index is -1.12. The number of hydrogen-bond acceptors (Lipinski definition) is 5.